The lowest BCUT2D eigenvalue weighted by Crippen LogP contribution is -2.14. The van der Waals surface area contributed by atoms with E-state index < -0.39 is 0 Å². The third-order valence-electron chi connectivity index (χ3n) is 2.25. The van der Waals surface area contributed by atoms with E-state index in [0.717, 1.165) is 30.4 Å². The van der Waals surface area contributed by atoms with Crippen LogP contribution >= 0.6 is 0 Å². The maximum Gasteiger partial charge on any atom is 0.135 e. The molecule has 0 aromatic carbocycles. The van der Waals surface area contributed by atoms with Crippen LogP contribution in [0.3, 0.4) is 0 Å². The van der Waals surface area contributed by atoms with Gasteiger partial charge in [-0.3, -0.25) is 0 Å². The second kappa shape index (κ2) is 6.42. The molecule has 0 fully saturated rings. The molecule has 0 radical (unpaired) electrons. The summed E-state index contributed by atoms with van der Waals surface area (Å²) in [6.45, 7) is 11.5. The molecule has 0 saturated carbocycles. The first-order chi connectivity index (χ1) is 8.02. The number of rotatable bonds is 6. The number of aromatic nitrogens is 2. The quantitative estimate of drug-likeness (QED) is 0.796. The zero-order chi connectivity index (χ0) is 12.8. The molecule has 4 heteroatoms. The molecule has 0 saturated heterocycles. The van der Waals surface area contributed by atoms with Crippen LogP contribution in [0.25, 0.3) is 0 Å². The number of nitrogens with zero attached hydrogens (tertiary/aromatic N) is 2. The summed E-state index contributed by atoms with van der Waals surface area (Å²) in [5.74, 6) is 3.03. The standard InChI is InChI=1S/C13H24N4/c1-6-7-14-11-8-12(15-10(4)5)17-13(16-11)9(2)3/h8-10H,6-7H2,1-5H3,(H2,14,15,16,17). The first-order valence-corrected chi connectivity index (χ1v) is 6.42. The molecule has 0 aliphatic rings. The van der Waals surface area contributed by atoms with E-state index in [9.17, 15) is 0 Å². The molecule has 0 aliphatic carbocycles. The van der Waals surface area contributed by atoms with E-state index in [1.807, 2.05) is 6.07 Å². The lowest BCUT2D eigenvalue weighted by Gasteiger charge is -2.14. The second-order valence-corrected chi connectivity index (χ2v) is 4.88. The Bertz CT molecular complexity index is 347. The minimum absolute atomic E-state index is 0.339. The summed E-state index contributed by atoms with van der Waals surface area (Å²) in [6, 6.07) is 2.35. The van der Waals surface area contributed by atoms with Crippen molar-refractivity contribution in [2.75, 3.05) is 17.2 Å². The predicted molar refractivity (Wildman–Crippen MR) is 73.7 cm³/mol. The molecule has 1 aromatic rings. The first kappa shape index (κ1) is 13.7. The van der Waals surface area contributed by atoms with Crippen LogP contribution in [0.1, 0.15) is 52.8 Å². The van der Waals surface area contributed by atoms with Crippen molar-refractivity contribution in [1.29, 1.82) is 0 Å². The third kappa shape index (κ3) is 4.59. The fraction of sp³-hybridized carbons (Fsp3) is 0.692. The SMILES string of the molecule is CCCNc1cc(NC(C)C)nc(C(C)C)n1. The first-order valence-electron chi connectivity index (χ1n) is 6.42. The summed E-state index contributed by atoms with van der Waals surface area (Å²) >= 11 is 0. The van der Waals surface area contributed by atoms with Crippen LogP contribution in [-0.4, -0.2) is 22.6 Å². The van der Waals surface area contributed by atoms with Gasteiger partial charge in [0.25, 0.3) is 0 Å². The van der Waals surface area contributed by atoms with Gasteiger partial charge in [0, 0.05) is 24.6 Å². The Labute approximate surface area is 104 Å². The Morgan fingerprint density at radius 3 is 2.29 bits per heavy atom. The van der Waals surface area contributed by atoms with Crippen molar-refractivity contribution in [2.45, 2.75) is 53.0 Å². The Hall–Kier alpha value is -1.32. The lowest BCUT2D eigenvalue weighted by molar-refractivity contribution is 0.769. The van der Waals surface area contributed by atoms with E-state index in [0.29, 0.717) is 12.0 Å². The van der Waals surface area contributed by atoms with Crippen LogP contribution < -0.4 is 10.6 Å². The van der Waals surface area contributed by atoms with Crippen molar-refractivity contribution in [3.8, 4) is 0 Å². The predicted octanol–water partition coefficient (Wildman–Crippen LogP) is 3.24. The number of nitrogens with one attached hydrogen (secondary N) is 2. The molecule has 0 spiro atoms. The van der Waals surface area contributed by atoms with Gasteiger partial charge >= 0.3 is 0 Å². The largest absolute Gasteiger partial charge is 0.370 e. The van der Waals surface area contributed by atoms with Crippen molar-refractivity contribution in [3.05, 3.63) is 11.9 Å². The van der Waals surface area contributed by atoms with E-state index in [4.69, 9.17) is 0 Å². The molecule has 1 aromatic heterocycles. The third-order valence-corrected chi connectivity index (χ3v) is 2.25. The summed E-state index contributed by atoms with van der Waals surface area (Å²) < 4.78 is 0. The number of anilines is 2. The maximum absolute atomic E-state index is 4.52. The molecule has 0 bridgehead atoms. The van der Waals surface area contributed by atoms with Gasteiger partial charge in [-0.25, -0.2) is 9.97 Å². The Balaban J connectivity index is 2.92. The van der Waals surface area contributed by atoms with Gasteiger partial charge in [-0.2, -0.15) is 0 Å². The van der Waals surface area contributed by atoms with Gasteiger partial charge in [0.15, 0.2) is 0 Å². The molecule has 0 amide bonds. The van der Waals surface area contributed by atoms with Gasteiger partial charge in [-0.15, -0.1) is 0 Å². The minimum Gasteiger partial charge on any atom is -0.370 e. The van der Waals surface area contributed by atoms with Gasteiger partial charge in [-0.05, 0) is 20.3 Å². The van der Waals surface area contributed by atoms with E-state index >= 15 is 0 Å². The van der Waals surface area contributed by atoms with E-state index in [-0.39, 0.29) is 0 Å². The van der Waals surface area contributed by atoms with Crippen LogP contribution in [0.15, 0.2) is 6.07 Å². The van der Waals surface area contributed by atoms with E-state index in [1.54, 1.807) is 0 Å². The summed E-state index contributed by atoms with van der Waals surface area (Å²) in [4.78, 5) is 9.03. The highest BCUT2D eigenvalue weighted by Crippen LogP contribution is 2.17. The van der Waals surface area contributed by atoms with Crippen molar-refractivity contribution < 1.29 is 0 Å². The molecular formula is C13H24N4. The summed E-state index contributed by atoms with van der Waals surface area (Å²) in [5, 5.41) is 6.64. The monoisotopic (exact) mass is 236 g/mol. The highest BCUT2D eigenvalue weighted by Gasteiger charge is 2.08. The van der Waals surface area contributed by atoms with Crippen LogP contribution in [0.5, 0.6) is 0 Å². The molecule has 96 valence electrons. The summed E-state index contributed by atoms with van der Waals surface area (Å²) in [5.41, 5.74) is 0. The van der Waals surface area contributed by atoms with Crippen LogP contribution in [0.2, 0.25) is 0 Å². The number of hydrogen-bond acceptors (Lipinski definition) is 4. The lowest BCUT2D eigenvalue weighted by atomic mass is 10.2. The van der Waals surface area contributed by atoms with Crippen molar-refractivity contribution in [2.24, 2.45) is 0 Å². The smallest absolute Gasteiger partial charge is 0.135 e. The Morgan fingerprint density at radius 2 is 1.76 bits per heavy atom. The number of hydrogen-bond donors (Lipinski definition) is 2. The molecule has 2 N–H and O–H groups in total. The second-order valence-electron chi connectivity index (χ2n) is 4.88. The van der Waals surface area contributed by atoms with Gasteiger partial charge in [0.05, 0.1) is 0 Å². The summed E-state index contributed by atoms with van der Waals surface area (Å²) in [7, 11) is 0. The molecule has 4 nitrogen and oxygen atoms in total. The average Bonchev–Trinajstić information content (AvgIpc) is 2.25. The normalized spacial score (nSPS) is 11.0. The molecule has 0 aliphatic heterocycles. The zero-order valence-electron chi connectivity index (χ0n) is 11.5. The van der Waals surface area contributed by atoms with Gasteiger partial charge < -0.3 is 10.6 Å². The Morgan fingerprint density at radius 1 is 1.12 bits per heavy atom. The van der Waals surface area contributed by atoms with Gasteiger partial charge in [0.2, 0.25) is 0 Å². The van der Waals surface area contributed by atoms with Crippen LogP contribution in [0.4, 0.5) is 11.6 Å². The van der Waals surface area contributed by atoms with E-state index in [2.05, 4.69) is 55.2 Å². The molecule has 1 heterocycles. The van der Waals surface area contributed by atoms with Crippen LogP contribution in [-0.2, 0) is 0 Å². The molecule has 17 heavy (non-hydrogen) atoms. The van der Waals surface area contributed by atoms with Crippen molar-refractivity contribution in [1.82, 2.24) is 9.97 Å². The molecular weight excluding hydrogens is 212 g/mol. The Kier molecular flexibility index (Phi) is 5.19. The molecule has 1 rings (SSSR count). The summed E-state index contributed by atoms with van der Waals surface area (Å²) in [6.07, 6.45) is 1.09. The molecule has 0 unspecified atom stereocenters. The maximum atomic E-state index is 4.52. The van der Waals surface area contributed by atoms with Crippen molar-refractivity contribution in [3.63, 3.8) is 0 Å². The average molecular weight is 236 g/mol. The van der Waals surface area contributed by atoms with Gasteiger partial charge in [-0.1, -0.05) is 20.8 Å². The van der Waals surface area contributed by atoms with E-state index in [1.165, 1.54) is 0 Å². The molecule has 0 atom stereocenters. The topological polar surface area (TPSA) is 49.8 Å². The van der Waals surface area contributed by atoms with Crippen molar-refractivity contribution >= 4 is 11.6 Å². The zero-order valence-corrected chi connectivity index (χ0v) is 11.5. The minimum atomic E-state index is 0.339. The van der Waals surface area contributed by atoms with Gasteiger partial charge in [0.1, 0.15) is 17.5 Å². The highest BCUT2D eigenvalue weighted by molar-refractivity contribution is 5.48. The highest BCUT2D eigenvalue weighted by atomic mass is 15.1. The fourth-order valence-electron chi connectivity index (χ4n) is 1.44. The fourth-order valence-corrected chi connectivity index (χ4v) is 1.44. The van der Waals surface area contributed by atoms with Crippen LogP contribution in [0, 0.1) is 0 Å².